The maximum atomic E-state index is 11.8. The van der Waals surface area contributed by atoms with E-state index in [4.69, 9.17) is 5.73 Å². The Hall–Kier alpha value is -1.72. The van der Waals surface area contributed by atoms with Crippen LogP contribution in [0.4, 0.5) is 5.82 Å². The molecule has 2 aromatic heterocycles. The van der Waals surface area contributed by atoms with Crippen LogP contribution >= 0.6 is 11.3 Å². The topological polar surface area (TPSA) is 68.0 Å². The number of carbonyl (C=O) groups excluding carboxylic acids is 1. The van der Waals surface area contributed by atoms with Crippen LogP contribution < -0.4 is 11.1 Å². The van der Waals surface area contributed by atoms with Gasteiger partial charge in [-0.15, -0.1) is 11.3 Å². The molecular weight excluding hydrogens is 222 g/mol. The number of pyridine rings is 1. The second-order valence-electron chi connectivity index (χ2n) is 3.15. The van der Waals surface area contributed by atoms with Gasteiger partial charge in [-0.1, -0.05) is 12.1 Å². The molecule has 82 valence electrons. The molecule has 0 aliphatic rings. The number of nitrogens with two attached hydrogens (primary N) is 1. The number of carbonyl (C=O) groups is 1. The first-order valence-corrected chi connectivity index (χ1v) is 5.68. The van der Waals surface area contributed by atoms with E-state index in [0.29, 0.717) is 17.2 Å². The number of amides is 1. The van der Waals surface area contributed by atoms with Crippen LogP contribution in [0.25, 0.3) is 0 Å². The van der Waals surface area contributed by atoms with Gasteiger partial charge in [-0.3, -0.25) is 4.79 Å². The van der Waals surface area contributed by atoms with Gasteiger partial charge in [-0.25, -0.2) is 4.98 Å². The zero-order valence-electron chi connectivity index (χ0n) is 8.51. The highest BCUT2D eigenvalue weighted by Crippen LogP contribution is 2.14. The molecule has 0 aliphatic carbocycles. The molecule has 0 aromatic carbocycles. The van der Waals surface area contributed by atoms with Crippen molar-refractivity contribution in [3.63, 3.8) is 0 Å². The molecule has 0 unspecified atom stereocenters. The first kappa shape index (κ1) is 10.8. The maximum Gasteiger partial charge on any atom is 0.266 e. The molecule has 0 spiro atoms. The summed E-state index contributed by atoms with van der Waals surface area (Å²) in [4.78, 5) is 16.5. The van der Waals surface area contributed by atoms with Gasteiger partial charge in [0, 0.05) is 18.3 Å². The van der Waals surface area contributed by atoms with Gasteiger partial charge >= 0.3 is 0 Å². The molecule has 0 radical (unpaired) electrons. The number of thiophene rings is 1. The van der Waals surface area contributed by atoms with Crippen molar-refractivity contribution in [2.45, 2.75) is 6.54 Å². The van der Waals surface area contributed by atoms with Crippen LogP contribution in [0.3, 0.4) is 0 Å². The van der Waals surface area contributed by atoms with E-state index in [1.165, 1.54) is 11.3 Å². The summed E-state index contributed by atoms with van der Waals surface area (Å²) in [5, 5.41) is 4.60. The molecule has 3 N–H and O–H groups in total. The van der Waals surface area contributed by atoms with Gasteiger partial charge in [0.2, 0.25) is 0 Å². The van der Waals surface area contributed by atoms with E-state index in [-0.39, 0.29) is 5.91 Å². The zero-order valence-corrected chi connectivity index (χ0v) is 9.33. The van der Waals surface area contributed by atoms with E-state index >= 15 is 0 Å². The predicted molar refractivity (Wildman–Crippen MR) is 64.4 cm³/mol. The van der Waals surface area contributed by atoms with Crippen LogP contribution in [-0.4, -0.2) is 10.9 Å². The van der Waals surface area contributed by atoms with Crippen LogP contribution in [0.1, 0.15) is 15.2 Å². The van der Waals surface area contributed by atoms with Gasteiger partial charge < -0.3 is 11.1 Å². The Balaban J connectivity index is 2.18. The molecule has 0 saturated carbocycles. The number of aromatic nitrogens is 1. The number of nitrogens with one attached hydrogen (secondary N) is 1. The van der Waals surface area contributed by atoms with E-state index in [1.807, 2.05) is 17.5 Å². The highest BCUT2D eigenvalue weighted by molar-refractivity contribution is 7.12. The minimum atomic E-state index is -0.150. The van der Waals surface area contributed by atoms with Crippen molar-refractivity contribution in [1.82, 2.24) is 4.98 Å². The summed E-state index contributed by atoms with van der Waals surface area (Å²) in [6, 6.07) is 7.24. The summed E-state index contributed by atoms with van der Waals surface area (Å²) in [7, 11) is 0. The summed E-state index contributed by atoms with van der Waals surface area (Å²) in [5.41, 5.74) is 6.38. The number of anilines is 1. The van der Waals surface area contributed by atoms with E-state index in [9.17, 15) is 4.79 Å². The van der Waals surface area contributed by atoms with Crippen LogP contribution in [0.15, 0.2) is 35.8 Å². The minimum Gasteiger partial charge on any atom is -0.326 e. The van der Waals surface area contributed by atoms with Gasteiger partial charge in [0.25, 0.3) is 5.91 Å². The van der Waals surface area contributed by atoms with E-state index < -0.39 is 0 Å². The molecule has 2 heterocycles. The summed E-state index contributed by atoms with van der Waals surface area (Å²) >= 11 is 1.39. The smallest absolute Gasteiger partial charge is 0.266 e. The van der Waals surface area contributed by atoms with E-state index in [1.54, 1.807) is 18.3 Å². The Kier molecular flexibility index (Phi) is 3.28. The molecule has 0 fully saturated rings. The van der Waals surface area contributed by atoms with Crippen molar-refractivity contribution in [2.24, 2.45) is 5.73 Å². The lowest BCUT2D eigenvalue weighted by molar-refractivity contribution is 0.103. The quantitative estimate of drug-likeness (QED) is 0.850. The lowest BCUT2D eigenvalue weighted by Gasteiger charge is -2.06. The van der Waals surface area contributed by atoms with Gasteiger partial charge in [-0.2, -0.15) is 0 Å². The average molecular weight is 233 g/mol. The summed E-state index contributed by atoms with van der Waals surface area (Å²) in [6.45, 7) is 0.355. The Morgan fingerprint density at radius 1 is 1.44 bits per heavy atom. The van der Waals surface area contributed by atoms with Gasteiger partial charge in [0.05, 0.1) is 4.88 Å². The Bertz CT molecular complexity index is 482. The van der Waals surface area contributed by atoms with Gasteiger partial charge in [0.1, 0.15) is 5.82 Å². The van der Waals surface area contributed by atoms with Gasteiger partial charge in [0.15, 0.2) is 0 Å². The van der Waals surface area contributed by atoms with Crippen LogP contribution in [0, 0.1) is 0 Å². The zero-order chi connectivity index (χ0) is 11.4. The summed E-state index contributed by atoms with van der Waals surface area (Å²) in [5.74, 6) is 0.381. The van der Waals surface area contributed by atoms with Crippen molar-refractivity contribution >= 4 is 23.1 Å². The highest BCUT2D eigenvalue weighted by Gasteiger charge is 2.09. The molecule has 1 amide bonds. The van der Waals surface area contributed by atoms with E-state index in [2.05, 4.69) is 10.3 Å². The SMILES string of the molecule is NCc1cccnc1NC(=O)c1cccs1. The maximum absolute atomic E-state index is 11.8. The Morgan fingerprint density at radius 2 is 2.31 bits per heavy atom. The van der Waals surface area contributed by atoms with Crippen LogP contribution in [0.5, 0.6) is 0 Å². The van der Waals surface area contributed by atoms with Crippen molar-refractivity contribution in [1.29, 1.82) is 0 Å². The molecule has 4 nitrogen and oxygen atoms in total. The fourth-order valence-electron chi connectivity index (χ4n) is 1.29. The fraction of sp³-hybridized carbons (Fsp3) is 0.0909. The number of hydrogen-bond acceptors (Lipinski definition) is 4. The number of nitrogens with zero attached hydrogens (tertiary/aromatic N) is 1. The first-order valence-electron chi connectivity index (χ1n) is 4.80. The van der Waals surface area contributed by atoms with E-state index in [0.717, 1.165) is 5.56 Å². The standard InChI is InChI=1S/C11H11N3OS/c12-7-8-3-1-5-13-10(8)14-11(15)9-4-2-6-16-9/h1-6H,7,12H2,(H,13,14,15). The number of hydrogen-bond donors (Lipinski definition) is 2. The van der Waals surface area contributed by atoms with Crippen molar-refractivity contribution in [2.75, 3.05) is 5.32 Å². The summed E-state index contributed by atoms with van der Waals surface area (Å²) in [6.07, 6.45) is 1.63. The van der Waals surface area contributed by atoms with Gasteiger partial charge in [-0.05, 0) is 17.5 Å². The molecule has 0 aliphatic heterocycles. The first-order chi connectivity index (χ1) is 7.81. The molecule has 0 saturated heterocycles. The second kappa shape index (κ2) is 4.87. The Labute approximate surface area is 97.1 Å². The second-order valence-corrected chi connectivity index (χ2v) is 4.09. The minimum absolute atomic E-state index is 0.150. The Morgan fingerprint density at radius 3 is 3.00 bits per heavy atom. The van der Waals surface area contributed by atoms with Crippen LogP contribution in [-0.2, 0) is 6.54 Å². The molecule has 2 aromatic rings. The largest absolute Gasteiger partial charge is 0.326 e. The third kappa shape index (κ3) is 2.26. The third-order valence-electron chi connectivity index (χ3n) is 2.09. The molecule has 0 bridgehead atoms. The molecule has 0 atom stereocenters. The molecule has 5 heteroatoms. The monoisotopic (exact) mass is 233 g/mol. The molecule has 16 heavy (non-hydrogen) atoms. The predicted octanol–water partition coefficient (Wildman–Crippen LogP) is 1.85. The van der Waals surface area contributed by atoms with Crippen molar-refractivity contribution < 1.29 is 4.79 Å². The normalized spacial score (nSPS) is 10.1. The lowest BCUT2D eigenvalue weighted by atomic mass is 10.2. The number of rotatable bonds is 3. The third-order valence-corrected chi connectivity index (χ3v) is 2.96. The van der Waals surface area contributed by atoms with Crippen LogP contribution in [0.2, 0.25) is 0 Å². The van der Waals surface area contributed by atoms with Crippen molar-refractivity contribution in [3.8, 4) is 0 Å². The molecule has 2 rings (SSSR count). The fourth-order valence-corrected chi connectivity index (χ4v) is 1.91. The highest BCUT2D eigenvalue weighted by atomic mass is 32.1. The van der Waals surface area contributed by atoms with Crippen molar-refractivity contribution in [3.05, 3.63) is 46.3 Å². The lowest BCUT2D eigenvalue weighted by Crippen LogP contribution is -2.14. The summed E-state index contributed by atoms with van der Waals surface area (Å²) < 4.78 is 0. The average Bonchev–Trinajstić information content (AvgIpc) is 2.83. The molecular formula is C11H11N3OS.